The van der Waals surface area contributed by atoms with Crippen LogP contribution in [0.3, 0.4) is 0 Å². The quantitative estimate of drug-likeness (QED) is 0.582. The number of amides is 2. The summed E-state index contributed by atoms with van der Waals surface area (Å²) in [6.07, 6.45) is 1.92. The Hall–Kier alpha value is -1.86. The molecule has 0 saturated carbocycles. The standard InChI is InChI=1S/C17H21ClN4O2S/c1-4-5-11(3)21-22-17-20-16(24)14(25-17)9-15(23)19-13-7-6-12(18)8-10(13)2/h6-8,14H,4-5,9H2,1-3H3,(H,19,23)(H,20,22,24)/t14-/m0/s1. The molecular formula is C17H21ClN4O2S. The number of rotatable bonds is 6. The molecule has 1 aromatic carbocycles. The third-order valence-electron chi connectivity index (χ3n) is 3.53. The first-order chi connectivity index (χ1) is 11.9. The fraction of sp³-hybridized carbons (Fsp3) is 0.412. The predicted molar refractivity (Wildman–Crippen MR) is 104 cm³/mol. The van der Waals surface area contributed by atoms with Crippen LogP contribution in [0.1, 0.15) is 38.7 Å². The number of hydrogen-bond acceptors (Lipinski definition) is 5. The highest BCUT2D eigenvalue weighted by Crippen LogP contribution is 2.24. The number of thioether (sulfide) groups is 1. The van der Waals surface area contributed by atoms with Gasteiger partial charge in [0.1, 0.15) is 5.25 Å². The summed E-state index contributed by atoms with van der Waals surface area (Å²) in [6, 6.07) is 5.23. The summed E-state index contributed by atoms with van der Waals surface area (Å²) in [5.74, 6) is -0.458. The van der Waals surface area contributed by atoms with Crippen LogP contribution in [-0.2, 0) is 9.59 Å². The first-order valence-corrected chi connectivity index (χ1v) is 9.29. The summed E-state index contributed by atoms with van der Waals surface area (Å²) in [4.78, 5) is 24.2. The Balaban J connectivity index is 1.94. The Kier molecular flexibility index (Phi) is 7.01. The van der Waals surface area contributed by atoms with E-state index in [4.69, 9.17) is 11.6 Å². The lowest BCUT2D eigenvalue weighted by molar-refractivity contribution is -0.122. The summed E-state index contributed by atoms with van der Waals surface area (Å²) < 4.78 is 0. The number of carbonyl (C=O) groups excluding carboxylic acids is 2. The van der Waals surface area contributed by atoms with Gasteiger partial charge < -0.3 is 10.6 Å². The Bertz CT molecular complexity index is 733. The van der Waals surface area contributed by atoms with Gasteiger partial charge in [-0.05, 0) is 44.0 Å². The summed E-state index contributed by atoms with van der Waals surface area (Å²) in [6.45, 7) is 5.82. The SMILES string of the molecule is CCCC(C)=NN=C1NC(=O)[C@H](CC(=O)Nc2ccc(Cl)cc2C)S1. The Morgan fingerprint density at radius 3 is 2.88 bits per heavy atom. The summed E-state index contributed by atoms with van der Waals surface area (Å²) in [5.41, 5.74) is 2.46. The molecule has 25 heavy (non-hydrogen) atoms. The van der Waals surface area contributed by atoms with Crippen LogP contribution in [0.25, 0.3) is 0 Å². The van der Waals surface area contributed by atoms with Crippen molar-refractivity contribution in [3.8, 4) is 0 Å². The van der Waals surface area contributed by atoms with E-state index in [9.17, 15) is 9.59 Å². The van der Waals surface area contributed by atoms with E-state index < -0.39 is 5.25 Å². The predicted octanol–water partition coefficient (Wildman–Crippen LogP) is 3.74. The zero-order valence-electron chi connectivity index (χ0n) is 14.4. The van der Waals surface area contributed by atoms with Gasteiger partial charge in [-0.3, -0.25) is 9.59 Å². The van der Waals surface area contributed by atoms with E-state index >= 15 is 0 Å². The third-order valence-corrected chi connectivity index (χ3v) is 4.84. The van der Waals surface area contributed by atoms with E-state index in [1.54, 1.807) is 18.2 Å². The number of nitrogens with zero attached hydrogens (tertiary/aromatic N) is 2. The lowest BCUT2D eigenvalue weighted by atomic mass is 10.2. The topological polar surface area (TPSA) is 82.9 Å². The third kappa shape index (κ3) is 5.86. The number of carbonyl (C=O) groups is 2. The van der Waals surface area contributed by atoms with Gasteiger partial charge in [0.15, 0.2) is 5.17 Å². The Morgan fingerprint density at radius 1 is 1.44 bits per heavy atom. The van der Waals surface area contributed by atoms with Crippen LogP contribution < -0.4 is 10.6 Å². The summed E-state index contributed by atoms with van der Waals surface area (Å²) in [7, 11) is 0. The van der Waals surface area contributed by atoms with Gasteiger partial charge in [0.05, 0.1) is 0 Å². The van der Waals surface area contributed by atoms with Crippen LogP contribution in [0.2, 0.25) is 5.02 Å². The van der Waals surface area contributed by atoms with Gasteiger partial charge in [-0.2, -0.15) is 5.10 Å². The van der Waals surface area contributed by atoms with E-state index in [1.807, 2.05) is 13.8 Å². The van der Waals surface area contributed by atoms with Gasteiger partial charge in [-0.1, -0.05) is 36.7 Å². The largest absolute Gasteiger partial charge is 0.326 e. The number of nitrogens with one attached hydrogen (secondary N) is 2. The number of amidine groups is 1. The molecule has 1 aromatic rings. The second-order valence-corrected chi connectivity index (χ2v) is 7.43. The first kappa shape index (κ1) is 19.5. The molecule has 2 rings (SSSR count). The molecule has 0 spiro atoms. The van der Waals surface area contributed by atoms with Crippen LogP contribution in [0.15, 0.2) is 28.4 Å². The Morgan fingerprint density at radius 2 is 2.20 bits per heavy atom. The van der Waals surface area contributed by atoms with Gasteiger partial charge in [0.2, 0.25) is 11.8 Å². The minimum absolute atomic E-state index is 0.0647. The molecule has 2 N–H and O–H groups in total. The zero-order valence-corrected chi connectivity index (χ0v) is 16.0. The number of anilines is 1. The molecule has 0 aliphatic carbocycles. The van der Waals surface area contributed by atoms with E-state index in [2.05, 4.69) is 27.8 Å². The van der Waals surface area contributed by atoms with Crippen molar-refractivity contribution in [1.29, 1.82) is 0 Å². The fourth-order valence-electron chi connectivity index (χ4n) is 2.27. The van der Waals surface area contributed by atoms with Crippen molar-refractivity contribution in [3.63, 3.8) is 0 Å². The van der Waals surface area contributed by atoms with Crippen molar-refractivity contribution in [3.05, 3.63) is 28.8 Å². The van der Waals surface area contributed by atoms with Crippen molar-refractivity contribution in [2.75, 3.05) is 5.32 Å². The molecule has 1 atom stereocenters. The van der Waals surface area contributed by atoms with E-state index in [-0.39, 0.29) is 18.2 Å². The average Bonchev–Trinajstić information content (AvgIpc) is 2.88. The molecule has 0 unspecified atom stereocenters. The molecule has 1 heterocycles. The van der Waals surface area contributed by atoms with Gasteiger partial charge in [0.25, 0.3) is 0 Å². The van der Waals surface area contributed by atoms with Gasteiger partial charge in [-0.25, -0.2) is 0 Å². The molecule has 1 fully saturated rings. The highest BCUT2D eigenvalue weighted by molar-refractivity contribution is 8.15. The zero-order chi connectivity index (χ0) is 18.4. The molecule has 0 bridgehead atoms. The van der Waals surface area contributed by atoms with Crippen molar-refractivity contribution >= 4 is 51.7 Å². The minimum atomic E-state index is -0.506. The number of aryl methyl sites for hydroxylation is 1. The molecule has 1 aliphatic rings. The summed E-state index contributed by atoms with van der Waals surface area (Å²) in [5, 5.41) is 14.1. The average molecular weight is 381 g/mol. The molecule has 2 amide bonds. The molecule has 134 valence electrons. The van der Waals surface area contributed by atoms with Crippen molar-refractivity contribution in [2.45, 2.75) is 45.3 Å². The fourth-order valence-corrected chi connectivity index (χ4v) is 3.41. The molecule has 0 aromatic heterocycles. The maximum absolute atomic E-state index is 12.2. The van der Waals surface area contributed by atoms with Crippen LogP contribution in [0, 0.1) is 6.92 Å². The molecule has 1 aliphatic heterocycles. The maximum atomic E-state index is 12.2. The van der Waals surface area contributed by atoms with Crippen LogP contribution in [0.5, 0.6) is 0 Å². The molecular weight excluding hydrogens is 360 g/mol. The van der Waals surface area contributed by atoms with Crippen LogP contribution >= 0.6 is 23.4 Å². The molecule has 8 heteroatoms. The molecule has 0 radical (unpaired) electrons. The van der Waals surface area contributed by atoms with Crippen LogP contribution in [-0.4, -0.2) is 27.9 Å². The molecule has 1 saturated heterocycles. The number of benzene rings is 1. The maximum Gasteiger partial charge on any atom is 0.240 e. The highest BCUT2D eigenvalue weighted by atomic mass is 35.5. The number of hydrogen-bond donors (Lipinski definition) is 2. The van der Waals surface area contributed by atoms with Gasteiger partial charge in [-0.15, -0.1) is 5.10 Å². The van der Waals surface area contributed by atoms with E-state index in [0.717, 1.165) is 24.1 Å². The van der Waals surface area contributed by atoms with E-state index in [0.29, 0.717) is 15.9 Å². The minimum Gasteiger partial charge on any atom is -0.326 e. The first-order valence-electron chi connectivity index (χ1n) is 8.03. The van der Waals surface area contributed by atoms with E-state index in [1.165, 1.54) is 11.8 Å². The van der Waals surface area contributed by atoms with Crippen molar-refractivity contribution < 1.29 is 9.59 Å². The second kappa shape index (κ2) is 9.01. The lowest BCUT2D eigenvalue weighted by Crippen LogP contribution is -2.28. The number of halogens is 1. The normalized spacial score (nSPS) is 19.2. The molecule has 6 nitrogen and oxygen atoms in total. The lowest BCUT2D eigenvalue weighted by Gasteiger charge is -2.10. The van der Waals surface area contributed by atoms with Crippen molar-refractivity contribution in [2.24, 2.45) is 10.2 Å². The smallest absolute Gasteiger partial charge is 0.240 e. The van der Waals surface area contributed by atoms with Crippen LogP contribution in [0.4, 0.5) is 5.69 Å². The van der Waals surface area contributed by atoms with Crippen molar-refractivity contribution in [1.82, 2.24) is 5.32 Å². The highest BCUT2D eigenvalue weighted by Gasteiger charge is 2.32. The van der Waals surface area contributed by atoms with Gasteiger partial charge in [0, 0.05) is 22.8 Å². The summed E-state index contributed by atoms with van der Waals surface area (Å²) >= 11 is 7.13. The Labute approximate surface area is 156 Å². The second-order valence-electron chi connectivity index (χ2n) is 5.80. The van der Waals surface area contributed by atoms with Gasteiger partial charge >= 0.3 is 0 Å². The monoisotopic (exact) mass is 380 g/mol.